The van der Waals surface area contributed by atoms with Crippen LogP contribution < -0.4 is 0 Å². The van der Waals surface area contributed by atoms with Crippen molar-refractivity contribution >= 4 is 17.9 Å². The Balaban J connectivity index is 4.26. The molecule has 0 fully saturated rings. The zero-order valence-corrected chi connectivity index (χ0v) is 41.6. The Hall–Kier alpha value is -1.59. The first kappa shape index (κ1) is 59.4. The maximum Gasteiger partial charge on any atom is 0.306 e. The van der Waals surface area contributed by atoms with Gasteiger partial charge in [-0.3, -0.25) is 14.4 Å². The van der Waals surface area contributed by atoms with Crippen molar-refractivity contribution in [3.05, 3.63) is 0 Å². The van der Waals surface area contributed by atoms with Crippen molar-refractivity contribution in [2.24, 2.45) is 5.92 Å². The molecule has 0 aromatic rings. The molecule has 6 nitrogen and oxygen atoms in total. The monoisotopic (exact) mass is 863 g/mol. The van der Waals surface area contributed by atoms with Crippen molar-refractivity contribution in [1.82, 2.24) is 0 Å². The molecule has 1 atom stereocenters. The van der Waals surface area contributed by atoms with Gasteiger partial charge in [0.2, 0.25) is 0 Å². The summed E-state index contributed by atoms with van der Waals surface area (Å²) < 4.78 is 16.8. The van der Waals surface area contributed by atoms with Gasteiger partial charge in [0.1, 0.15) is 13.2 Å². The normalized spacial score (nSPS) is 12.0. The molecule has 362 valence electrons. The molecule has 61 heavy (non-hydrogen) atoms. The van der Waals surface area contributed by atoms with E-state index < -0.39 is 6.10 Å². The van der Waals surface area contributed by atoms with E-state index in [1.165, 1.54) is 205 Å². The number of carbonyl (C=O) groups excluding carboxylic acids is 3. The van der Waals surface area contributed by atoms with Crippen molar-refractivity contribution in [2.75, 3.05) is 13.2 Å². The van der Waals surface area contributed by atoms with Crippen LogP contribution in [-0.2, 0) is 28.6 Å². The Morgan fingerprint density at radius 2 is 0.541 bits per heavy atom. The number of rotatable bonds is 50. The van der Waals surface area contributed by atoms with Crippen LogP contribution in [0.1, 0.15) is 310 Å². The summed E-state index contributed by atoms with van der Waals surface area (Å²) in [5.41, 5.74) is 0. The highest BCUT2D eigenvalue weighted by molar-refractivity contribution is 5.71. The van der Waals surface area contributed by atoms with Crippen LogP contribution in [0, 0.1) is 5.92 Å². The van der Waals surface area contributed by atoms with E-state index in [2.05, 4.69) is 27.7 Å². The van der Waals surface area contributed by atoms with Gasteiger partial charge in [0.05, 0.1) is 0 Å². The number of hydrogen-bond donors (Lipinski definition) is 0. The summed E-state index contributed by atoms with van der Waals surface area (Å²) in [4.78, 5) is 38.0. The second-order valence-corrected chi connectivity index (χ2v) is 19.3. The lowest BCUT2D eigenvalue weighted by atomic mass is 10.0. The first-order chi connectivity index (χ1) is 29.9. The van der Waals surface area contributed by atoms with Gasteiger partial charge in [0, 0.05) is 19.3 Å². The van der Waals surface area contributed by atoms with Crippen LogP contribution in [0.4, 0.5) is 0 Å². The molecule has 0 unspecified atom stereocenters. The average molecular weight is 863 g/mol. The van der Waals surface area contributed by atoms with Crippen molar-refractivity contribution < 1.29 is 28.6 Å². The lowest BCUT2D eigenvalue weighted by Gasteiger charge is -2.18. The number of esters is 3. The minimum Gasteiger partial charge on any atom is -0.462 e. The second kappa shape index (κ2) is 49.4. The molecule has 0 aliphatic carbocycles. The van der Waals surface area contributed by atoms with Crippen LogP contribution in [0.2, 0.25) is 0 Å². The predicted molar refractivity (Wildman–Crippen MR) is 261 cm³/mol. The largest absolute Gasteiger partial charge is 0.462 e. The Morgan fingerprint density at radius 3 is 0.803 bits per heavy atom. The van der Waals surface area contributed by atoms with Gasteiger partial charge in [0.15, 0.2) is 6.10 Å². The van der Waals surface area contributed by atoms with E-state index in [0.717, 1.165) is 63.7 Å². The average Bonchev–Trinajstić information content (AvgIpc) is 3.24. The lowest BCUT2D eigenvalue weighted by molar-refractivity contribution is -0.167. The van der Waals surface area contributed by atoms with E-state index in [-0.39, 0.29) is 31.1 Å². The molecule has 0 radical (unpaired) electrons. The molecule has 0 saturated carbocycles. The third-order valence-corrected chi connectivity index (χ3v) is 12.5. The van der Waals surface area contributed by atoms with Crippen LogP contribution in [0.3, 0.4) is 0 Å². The number of unbranched alkanes of at least 4 members (excludes halogenated alkanes) is 37. The third-order valence-electron chi connectivity index (χ3n) is 12.5. The van der Waals surface area contributed by atoms with Crippen LogP contribution in [0.25, 0.3) is 0 Å². The van der Waals surface area contributed by atoms with Gasteiger partial charge in [-0.25, -0.2) is 0 Å². The summed E-state index contributed by atoms with van der Waals surface area (Å²) in [6, 6.07) is 0. The van der Waals surface area contributed by atoms with E-state index in [4.69, 9.17) is 14.2 Å². The van der Waals surface area contributed by atoms with Gasteiger partial charge in [-0.1, -0.05) is 272 Å². The van der Waals surface area contributed by atoms with Gasteiger partial charge in [-0.15, -0.1) is 0 Å². The van der Waals surface area contributed by atoms with E-state index >= 15 is 0 Å². The lowest BCUT2D eigenvalue weighted by Crippen LogP contribution is -2.30. The fraction of sp³-hybridized carbons (Fsp3) is 0.945. The fourth-order valence-corrected chi connectivity index (χ4v) is 8.39. The molecule has 0 rings (SSSR count). The first-order valence-electron chi connectivity index (χ1n) is 27.4. The molecule has 0 amide bonds. The van der Waals surface area contributed by atoms with E-state index in [9.17, 15) is 14.4 Å². The third kappa shape index (κ3) is 49.3. The summed E-state index contributed by atoms with van der Waals surface area (Å²) >= 11 is 0. The summed E-state index contributed by atoms with van der Waals surface area (Å²) in [6.45, 7) is 9.05. The Morgan fingerprint density at radius 1 is 0.311 bits per heavy atom. The highest BCUT2D eigenvalue weighted by Gasteiger charge is 2.19. The topological polar surface area (TPSA) is 78.9 Å². The molecule has 0 aliphatic heterocycles. The molecule has 0 heterocycles. The minimum atomic E-state index is -0.760. The maximum absolute atomic E-state index is 12.8. The standard InChI is InChI=1S/C55H106O6/c1-5-7-9-11-13-15-17-18-19-23-27-30-34-38-42-46-53(56)59-49-52(61-55(58)48-44-40-36-32-25-16-14-12-10-8-6-2)50-60-54(57)47-43-39-35-31-28-24-21-20-22-26-29-33-37-41-45-51(3)4/h51-52H,5-50H2,1-4H3/t52-/m1/s1. The van der Waals surface area contributed by atoms with Crippen molar-refractivity contribution in [1.29, 1.82) is 0 Å². The Bertz CT molecular complexity index is 918. The zero-order valence-electron chi connectivity index (χ0n) is 41.6. The Kier molecular flexibility index (Phi) is 48.1. The van der Waals surface area contributed by atoms with Crippen LogP contribution in [-0.4, -0.2) is 37.2 Å². The second-order valence-electron chi connectivity index (χ2n) is 19.3. The molecule has 0 aliphatic rings. The first-order valence-corrected chi connectivity index (χ1v) is 27.4. The van der Waals surface area contributed by atoms with Crippen molar-refractivity contribution in [3.8, 4) is 0 Å². The van der Waals surface area contributed by atoms with Gasteiger partial charge in [-0.2, -0.15) is 0 Å². The van der Waals surface area contributed by atoms with Gasteiger partial charge in [0.25, 0.3) is 0 Å². The number of ether oxygens (including phenoxy) is 3. The summed E-state index contributed by atoms with van der Waals surface area (Å²) in [6.07, 6.45) is 52.3. The summed E-state index contributed by atoms with van der Waals surface area (Å²) in [5.74, 6) is 0.00475. The maximum atomic E-state index is 12.8. The molecule has 0 spiro atoms. The highest BCUT2D eigenvalue weighted by Crippen LogP contribution is 2.17. The molecule has 6 heteroatoms. The van der Waals surface area contributed by atoms with Crippen LogP contribution >= 0.6 is 0 Å². The van der Waals surface area contributed by atoms with Gasteiger partial charge in [-0.05, 0) is 25.2 Å². The Labute approximate surface area is 380 Å². The predicted octanol–water partition coefficient (Wildman–Crippen LogP) is 17.8. The van der Waals surface area contributed by atoms with E-state index in [0.29, 0.717) is 19.3 Å². The molecule has 0 N–H and O–H groups in total. The zero-order chi connectivity index (χ0) is 44.5. The number of carbonyl (C=O) groups is 3. The molecular formula is C55H106O6. The molecular weight excluding hydrogens is 757 g/mol. The van der Waals surface area contributed by atoms with Gasteiger partial charge < -0.3 is 14.2 Å². The molecule has 0 bridgehead atoms. The fourth-order valence-electron chi connectivity index (χ4n) is 8.39. The van der Waals surface area contributed by atoms with Crippen molar-refractivity contribution in [3.63, 3.8) is 0 Å². The highest BCUT2D eigenvalue weighted by atomic mass is 16.6. The minimum absolute atomic E-state index is 0.0622. The van der Waals surface area contributed by atoms with Crippen LogP contribution in [0.5, 0.6) is 0 Å². The van der Waals surface area contributed by atoms with E-state index in [1.54, 1.807) is 0 Å². The summed E-state index contributed by atoms with van der Waals surface area (Å²) in [7, 11) is 0. The molecule has 0 saturated heterocycles. The molecule has 0 aromatic carbocycles. The quantitative estimate of drug-likeness (QED) is 0.0344. The van der Waals surface area contributed by atoms with Gasteiger partial charge >= 0.3 is 17.9 Å². The molecule has 0 aromatic heterocycles. The summed E-state index contributed by atoms with van der Waals surface area (Å²) in [5, 5.41) is 0. The number of hydrogen-bond acceptors (Lipinski definition) is 6. The van der Waals surface area contributed by atoms with Crippen molar-refractivity contribution in [2.45, 2.75) is 316 Å². The van der Waals surface area contributed by atoms with Crippen LogP contribution in [0.15, 0.2) is 0 Å². The SMILES string of the molecule is CCCCCCCCCCCCCCCCCC(=O)OC[C@H](COC(=O)CCCCCCCCCCCCCCCCC(C)C)OC(=O)CCCCCCCCCCCCC. The van der Waals surface area contributed by atoms with E-state index in [1.807, 2.05) is 0 Å². The smallest absolute Gasteiger partial charge is 0.306 e.